The summed E-state index contributed by atoms with van der Waals surface area (Å²) in [6.07, 6.45) is 2.31. The number of ketones is 1. The maximum Gasteiger partial charge on any atom is 0.271 e. The molecular weight excluding hydrogens is 298 g/mol. The lowest BCUT2D eigenvalue weighted by Crippen LogP contribution is -2.33. The number of anilines is 1. The van der Waals surface area contributed by atoms with Gasteiger partial charge in [0.05, 0.1) is 11.7 Å². The van der Waals surface area contributed by atoms with Gasteiger partial charge in [-0.25, -0.2) is 0 Å². The second-order valence-electron chi connectivity index (χ2n) is 5.64. The van der Waals surface area contributed by atoms with Crippen LogP contribution in [0.3, 0.4) is 0 Å². The second kappa shape index (κ2) is 6.87. The molecule has 1 fully saturated rings. The summed E-state index contributed by atoms with van der Waals surface area (Å²) in [7, 11) is 0. The topological polar surface area (TPSA) is 55.3 Å². The van der Waals surface area contributed by atoms with Gasteiger partial charge in [0.1, 0.15) is 0 Å². The van der Waals surface area contributed by atoms with Crippen LogP contribution in [0.5, 0.6) is 5.88 Å². The van der Waals surface area contributed by atoms with Crippen LogP contribution in [0.4, 0.5) is 5.82 Å². The van der Waals surface area contributed by atoms with Crippen LogP contribution >= 0.6 is 11.7 Å². The van der Waals surface area contributed by atoms with Crippen LogP contribution in [-0.4, -0.2) is 34.2 Å². The quantitative estimate of drug-likeness (QED) is 0.793. The van der Waals surface area contributed by atoms with E-state index in [1.54, 1.807) is 12.1 Å². The Bertz CT molecular complexity index is 621. The number of aromatic nitrogens is 2. The van der Waals surface area contributed by atoms with Gasteiger partial charge in [-0.2, -0.15) is 4.37 Å². The third-order valence-electron chi connectivity index (χ3n) is 3.96. The summed E-state index contributed by atoms with van der Waals surface area (Å²) in [6.45, 7) is 4.20. The predicted octanol–water partition coefficient (Wildman–Crippen LogP) is 3.04. The van der Waals surface area contributed by atoms with E-state index in [2.05, 4.69) is 20.6 Å². The Morgan fingerprint density at radius 3 is 2.73 bits per heavy atom. The van der Waals surface area contributed by atoms with Crippen molar-refractivity contribution < 1.29 is 9.53 Å². The number of ether oxygens (including phenoxy) is 1. The Kier molecular flexibility index (Phi) is 4.68. The first-order chi connectivity index (χ1) is 10.7. The monoisotopic (exact) mass is 317 g/mol. The molecule has 6 heteroatoms. The Hall–Kier alpha value is -1.95. The number of Topliss-reactive ketones (excluding diaryl/α,β-unsaturated/α-hetero) is 1. The van der Waals surface area contributed by atoms with E-state index in [-0.39, 0.29) is 12.4 Å². The van der Waals surface area contributed by atoms with Crippen molar-refractivity contribution in [2.24, 2.45) is 5.92 Å². The standard InChI is InChI=1S/C16H19N3O2S/c1-12-7-9-19(10-8-12)15-16(18-22-17-15)21-11-14(20)13-5-3-2-4-6-13/h2-6,12H,7-11H2,1H3. The average Bonchev–Trinajstić information content (AvgIpc) is 3.02. The van der Waals surface area contributed by atoms with Gasteiger partial charge in [-0.05, 0) is 18.8 Å². The Balaban J connectivity index is 1.62. The minimum atomic E-state index is -0.0492. The van der Waals surface area contributed by atoms with Crippen LogP contribution in [0.2, 0.25) is 0 Å². The summed E-state index contributed by atoms with van der Waals surface area (Å²) < 4.78 is 14.1. The molecule has 0 atom stereocenters. The lowest BCUT2D eigenvalue weighted by atomic mass is 9.99. The van der Waals surface area contributed by atoms with E-state index < -0.39 is 0 Å². The minimum absolute atomic E-state index is 0.00727. The van der Waals surface area contributed by atoms with E-state index in [4.69, 9.17) is 4.74 Å². The fourth-order valence-corrected chi connectivity index (χ4v) is 3.04. The van der Waals surface area contributed by atoms with E-state index in [9.17, 15) is 4.79 Å². The van der Waals surface area contributed by atoms with Crippen molar-refractivity contribution in [3.05, 3.63) is 35.9 Å². The van der Waals surface area contributed by atoms with Crippen molar-refractivity contribution in [2.45, 2.75) is 19.8 Å². The van der Waals surface area contributed by atoms with Gasteiger partial charge in [0.2, 0.25) is 5.82 Å². The minimum Gasteiger partial charge on any atom is -0.466 e. The molecular formula is C16H19N3O2S. The Labute approximate surface area is 134 Å². The van der Waals surface area contributed by atoms with Crippen LogP contribution in [0.1, 0.15) is 30.1 Å². The molecule has 2 heterocycles. The summed E-state index contributed by atoms with van der Waals surface area (Å²) in [6, 6.07) is 9.16. The van der Waals surface area contributed by atoms with Crippen LogP contribution < -0.4 is 9.64 Å². The average molecular weight is 317 g/mol. The molecule has 1 aromatic carbocycles. The number of piperidine rings is 1. The molecule has 0 spiro atoms. The number of carbonyl (C=O) groups is 1. The van der Waals surface area contributed by atoms with Crippen molar-refractivity contribution >= 4 is 23.3 Å². The fraction of sp³-hybridized carbons (Fsp3) is 0.438. The first-order valence-corrected chi connectivity index (χ1v) is 8.25. The molecule has 1 aliphatic heterocycles. The molecule has 1 saturated heterocycles. The highest BCUT2D eigenvalue weighted by Crippen LogP contribution is 2.29. The van der Waals surface area contributed by atoms with Gasteiger partial charge in [-0.3, -0.25) is 4.79 Å². The molecule has 0 bridgehead atoms. The van der Waals surface area contributed by atoms with E-state index >= 15 is 0 Å². The van der Waals surface area contributed by atoms with Gasteiger partial charge in [-0.1, -0.05) is 37.3 Å². The highest BCUT2D eigenvalue weighted by atomic mass is 32.1. The smallest absolute Gasteiger partial charge is 0.271 e. The lowest BCUT2D eigenvalue weighted by molar-refractivity contribution is 0.0919. The van der Waals surface area contributed by atoms with Crippen molar-refractivity contribution in [1.82, 2.24) is 8.75 Å². The fourth-order valence-electron chi connectivity index (χ4n) is 2.52. The molecule has 0 unspecified atom stereocenters. The van der Waals surface area contributed by atoms with Crippen LogP contribution in [-0.2, 0) is 0 Å². The van der Waals surface area contributed by atoms with Gasteiger partial charge in [-0.15, -0.1) is 4.37 Å². The molecule has 2 aromatic rings. The Morgan fingerprint density at radius 2 is 2.00 bits per heavy atom. The van der Waals surface area contributed by atoms with Crippen LogP contribution in [0, 0.1) is 5.92 Å². The largest absolute Gasteiger partial charge is 0.466 e. The highest BCUT2D eigenvalue weighted by Gasteiger charge is 2.22. The molecule has 0 saturated carbocycles. The van der Waals surface area contributed by atoms with Gasteiger partial charge < -0.3 is 9.64 Å². The van der Waals surface area contributed by atoms with E-state index in [1.165, 1.54) is 0 Å². The van der Waals surface area contributed by atoms with Gasteiger partial charge in [0.15, 0.2) is 12.4 Å². The predicted molar refractivity (Wildman–Crippen MR) is 86.8 cm³/mol. The summed E-state index contributed by atoms with van der Waals surface area (Å²) in [5.41, 5.74) is 0.652. The first kappa shape index (κ1) is 15.0. The molecule has 0 amide bonds. The third kappa shape index (κ3) is 3.44. The molecule has 0 N–H and O–H groups in total. The summed E-state index contributed by atoms with van der Waals surface area (Å²) >= 11 is 1.13. The third-order valence-corrected chi connectivity index (χ3v) is 4.46. The molecule has 22 heavy (non-hydrogen) atoms. The lowest BCUT2D eigenvalue weighted by Gasteiger charge is -2.30. The SMILES string of the molecule is CC1CCN(c2nsnc2OCC(=O)c2ccccc2)CC1. The zero-order valence-corrected chi connectivity index (χ0v) is 13.4. The number of hydrogen-bond acceptors (Lipinski definition) is 6. The number of benzene rings is 1. The molecule has 3 rings (SSSR count). The zero-order valence-electron chi connectivity index (χ0n) is 12.6. The molecule has 1 aliphatic rings. The zero-order chi connectivity index (χ0) is 15.4. The van der Waals surface area contributed by atoms with Gasteiger partial charge in [0, 0.05) is 18.7 Å². The van der Waals surface area contributed by atoms with Crippen LogP contribution in [0.25, 0.3) is 0 Å². The summed E-state index contributed by atoms with van der Waals surface area (Å²) in [5, 5.41) is 0. The highest BCUT2D eigenvalue weighted by molar-refractivity contribution is 6.99. The molecule has 5 nitrogen and oxygen atoms in total. The van der Waals surface area contributed by atoms with Crippen molar-refractivity contribution in [3.8, 4) is 5.88 Å². The maximum atomic E-state index is 12.1. The number of rotatable bonds is 5. The molecule has 0 aliphatic carbocycles. The summed E-state index contributed by atoms with van der Waals surface area (Å²) in [5.74, 6) is 1.96. The maximum absolute atomic E-state index is 12.1. The molecule has 0 radical (unpaired) electrons. The van der Waals surface area contributed by atoms with Crippen molar-refractivity contribution in [1.29, 1.82) is 0 Å². The number of nitrogens with zero attached hydrogens (tertiary/aromatic N) is 3. The van der Waals surface area contributed by atoms with Gasteiger partial charge in [0.25, 0.3) is 5.88 Å². The van der Waals surface area contributed by atoms with E-state index in [0.717, 1.165) is 49.4 Å². The van der Waals surface area contributed by atoms with Crippen LogP contribution in [0.15, 0.2) is 30.3 Å². The normalized spacial score (nSPS) is 15.8. The van der Waals surface area contributed by atoms with E-state index in [0.29, 0.717) is 11.4 Å². The number of carbonyl (C=O) groups excluding carboxylic acids is 1. The Morgan fingerprint density at radius 1 is 1.27 bits per heavy atom. The molecule has 1 aromatic heterocycles. The number of hydrogen-bond donors (Lipinski definition) is 0. The summed E-state index contributed by atoms with van der Waals surface area (Å²) in [4.78, 5) is 14.3. The van der Waals surface area contributed by atoms with Crippen molar-refractivity contribution in [3.63, 3.8) is 0 Å². The van der Waals surface area contributed by atoms with Crippen molar-refractivity contribution in [2.75, 3.05) is 24.6 Å². The molecule has 116 valence electrons. The second-order valence-corrected chi connectivity index (χ2v) is 6.17. The van der Waals surface area contributed by atoms with E-state index in [1.807, 2.05) is 18.2 Å². The first-order valence-electron chi connectivity index (χ1n) is 7.52. The van der Waals surface area contributed by atoms with Gasteiger partial charge >= 0.3 is 0 Å².